The summed E-state index contributed by atoms with van der Waals surface area (Å²) in [6.07, 6.45) is 1.42. The molecule has 7 heteroatoms. The maximum atomic E-state index is 12.3. The summed E-state index contributed by atoms with van der Waals surface area (Å²) in [4.78, 5) is 13.3. The van der Waals surface area contributed by atoms with E-state index in [-0.39, 0.29) is 10.5 Å². The fraction of sp³-hybridized carbons (Fsp3) is 0.421. The lowest BCUT2D eigenvalue weighted by molar-refractivity contribution is -0.917. The molecule has 6 nitrogen and oxygen atoms in total. The first-order valence-corrected chi connectivity index (χ1v) is 10.1. The van der Waals surface area contributed by atoms with Crippen LogP contribution in [0.15, 0.2) is 52.3 Å². The summed E-state index contributed by atoms with van der Waals surface area (Å²) in [5.74, 6) is 0.495. The van der Waals surface area contributed by atoms with Crippen LogP contribution in [0.3, 0.4) is 0 Å². The van der Waals surface area contributed by atoms with Crippen molar-refractivity contribution in [1.82, 2.24) is 8.87 Å². The molecule has 0 amide bonds. The third-order valence-electron chi connectivity index (χ3n) is 4.33. The van der Waals surface area contributed by atoms with Gasteiger partial charge in [-0.15, -0.1) is 0 Å². The van der Waals surface area contributed by atoms with Crippen molar-refractivity contribution >= 4 is 10.0 Å². The Balaban J connectivity index is 2.16. The number of sulfonamides is 1. The SMILES string of the molecule is CC(C)c1ccc(C[NH+](C)Cn2cc(S(=O)(=O)N(C)C)ccc2=O)cc1. The van der Waals surface area contributed by atoms with Crippen LogP contribution in [0.5, 0.6) is 0 Å². The van der Waals surface area contributed by atoms with Crippen molar-refractivity contribution in [1.29, 1.82) is 0 Å². The summed E-state index contributed by atoms with van der Waals surface area (Å²) in [6.45, 7) is 5.46. The number of nitrogens with one attached hydrogen (secondary N) is 1. The number of hydrogen-bond donors (Lipinski definition) is 1. The molecule has 1 heterocycles. The highest BCUT2D eigenvalue weighted by Gasteiger charge is 2.19. The molecule has 1 aromatic carbocycles. The summed E-state index contributed by atoms with van der Waals surface area (Å²) < 4.78 is 27.1. The van der Waals surface area contributed by atoms with Crippen LogP contribution in [0.25, 0.3) is 0 Å². The molecular weight excluding hydrogens is 350 g/mol. The van der Waals surface area contributed by atoms with Crippen LogP contribution in [0.2, 0.25) is 0 Å². The van der Waals surface area contributed by atoms with E-state index in [2.05, 4.69) is 38.1 Å². The fourth-order valence-corrected chi connectivity index (χ4v) is 3.63. The van der Waals surface area contributed by atoms with E-state index in [1.807, 2.05) is 7.05 Å². The first-order chi connectivity index (χ1) is 12.1. The molecule has 2 aromatic rings. The highest BCUT2D eigenvalue weighted by Crippen LogP contribution is 2.14. The number of rotatable bonds is 7. The second kappa shape index (κ2) is 8.16. The van der Waals surface area contributed by atoms with Gasteiger partial charge in [0.2, 0.25) is 10.0 Å². The lowest BCUT2D eigenvalue weighted by Crippen LogP contribution is -3.07. The molecule has 1 aromatic heterocycles. The Labute approximate surface area is 155 Å². The lowest BCUT2D eigenvalue weighted by atomic mass is 10.0. The smallest absolute Gasteiger partial charge is 0.254 e. The minimum Gasteiger partial charge on any atom is -0.316 e. The van der Waals surface area contributed by atoms with Crippen LogP contribution >= 0.6 is 0 Å². The lowest BCUT2D eigenvalue weighted by Gasteiger charge is -2.17. The van der Waals surface area contributed by atoms with Crippen LogP contribution in [-0.4, -0.2) is 38.4 Å². The van der Waals surface area contributed by atoms with Gasteiger partial charge in [-0.05, 0) is 17.5 Å². The van der Waals surface area contributed by atoms with Gasteiger partial charge in [0, 0.05) is 31.9 Å². The van der Waals surface area contributed by atoms with E-state index in [0.717, 1.165) is 15.7 Å². The zero-order valence-corrected chi connectivity index (χ0v) is 16.9. The Morgan fingerprint density at radius 3 is 2.23 bits per heavy atom. The van der Waals surface area contributed by atoms with Crippen LogP contribution < -0.4 is 10.5 Å². The monoisotopic (exact) mass is 378 g/mol. The maximum Gasteiger partial charge on any atom is 0.254 e. The molecule has 0 spiro atoms. The Morgan fingerprint density at radius 2 is 1.69 bits per heavy atom. The van der Waals surface area contributed by atoms with E-state index in [1.54, 1.807) is 0 Å². The minimum atomic E-state index is -3.56. The zero-order chi connectivity index (χ0) is 19.5. The van der Waals surface area contributed by atoms with E-state index >= 15 is 0 Å². The predicted octanol–water partition coefficient (Wildman–Crippen LogP) is 0.894. The number of nitrogens with zero attached hydrogens (tertiary/aromatic N) is 2. The predicted molar refractivity (Wildman–Crippen MR) is 103 cm³/mol. The van der Waals surface area contributed by atoms with Crippen molar-refractivity contribution in [2.75, 3.05) is 21.1 Å². The zero-order valence-electron chi connectivity index (χ0n) is 16.1. The quantitative estimate of drug-likeness (QED) is 0.778. The van der Waals surface area contributed by atoms with Gasteiger partial charge < -0.3 is 4.90 Å². The van der Waals surface area contributed by atoms with Crippen molar-refractivity contribution < 1.29 is 13.3 Å². The number of hydrogen-bond acceptors (Lipinski definition) is 3. The molecule has 0 aliphatic rings. The molecule has 1 unspecified atom stereocenters. The molecular formula is C19H28N3O3S+. The summed E-state index contributed by atoms with van der Waals surface area (Å²) in [7, 11) is 1.37. The molecule has 0 aliphatic carbocycles. The molecule has 0 fully saturated rings. The molecule has 26 heavy (non-hydrogen) atoms. The van der Waals surface area contributed by atoms with Gasteiger partial charge in [-0.2, -0.15) is 0 Å². The van der Waals surface area contributed by atoms with Gasteiger partial charge in [0.1, 0.15) is 6.54 Å². The highest BCUT2D eigenvalue weighted by molar-refractivity contribution is 7.89. The topological polar surface area (TPSA) is 63.8 Å². The minimum absolute atomic E-state index is 0.121. The van der Waals surface area contributed by atoms with Crippen molar-refractivity contribution in [2.45, 2.75) is 37.9 Å². The van der Waals surface area contributed by atoms with E-state index in [0.29, 0.717) is 12.6 Å². The van der Waals surface area contributed by atoms with Crippen molar-refractivity contribution in [2.24, 2.45) is 0 Å². The molecule has 2 rings (SSSR count). The van der Waals surface area contributed by atoms with Crippen molar-refractivity contribution in [3.05, 3.63) is 64.1 Å². The Hall–Kier alpha value is -1.96. The van der Waals surface area contributed by atoms with E-state index < -0.39 is 10.0 Å². The standard InChI is InChI=1S/C19H27N3O3S/c1-15(2)17-8-6-16(7-9-17)12-21(5)14-22-13-18(10-11-19(22)23)26(24,25)20(3)4/h6-11,13,15H,12,14H2,1-5H3/p+1. The Kier molecular flexibility index (Phi) is 6.39. The van der Waals surface area contributed by atoms with E-state index in [4.69, 9.17) is 0 Å². The molecule has 0 bridgehead atoms. The second-order valence-corrected chi connectivity index (χ2v) is 9.30. The summed E-state index contributed by atoms with van der Waals surface area (Å²) in [5.41, 5.74) is 2.26. The Morgan fingerprint density at radius 1 is 1.08 bits per heavy atom. The summed E-state index contributed by atoms with van der Waals surface area (Å²) in [5, 5.41) is 0. The van der Waals surface area contributed by atoms with Gasteiger partial charge in [0.25, 0.3) is 5.56 Å². The van der Waals surface area contributed by atoms with Gasteiger partial charge in [-0.25, -0.2) is 12.7 Å². The maximum absolute atomic E-state index is 12.3. The number of benzene rings is 1. The Bertz CT molecular complexity index is 900. The number of pyridine rings is 1. The van der Waals surface area contributed by atoms with Crippen LogP contribution in [0, 0.1) is 0 Å². The van der Waals surface area contributed by atoms with Crippen LogP contribution in [-0.2, 0) is 23.2 Å². The van der Waals surface area contributed by atoms with Gasteiger partial charge in [0.05, 0.1) is 11.9 Å². The number of aromatic nitrogens is 1. The van der Waals surface area contributed by atoms with Crippen LogP contribution in [0.1, 0.15) is 30.9 Å². The van der Waals surface area contributed by atoms with Crippen LogP contribution in [0.4, 0.5) is 0 Å². The largest absolute Gasteiger partial charge is 0.316 e. The molecule has 0 saturated heterocycles. The summed E-state index contributed by atoms with van der Waals surface area (Å²) in [6, 6.07) is 11.1. The van der Waals surface area contributed by atoms with Gasteiger partial charge in [0.15, 0.2) is 6.67 Å². The molecule has 1 N–H and O–H groups in total. The van der Waals surface area contributed by atoms with E-state index in [1.165, 1.54) is 48.1 Å². The average Bonchev–Trinajstić information content (AvgIpc) is 2.57. The van der Waals surface area contributed by atoms with Gasteiger partial charge in [-0.1, -0.05) is 38.1 Å². The third-order valence-corrected chi connectivity index (χ3v) is 6.13. The fourth-order valence-electron chi connectivity index (χ4n) is 2.71. The van der Waals surface area contributed by atoms with Gasteiger partial charge >= 0.3 is 0 Å². The molecule has 142 valence electrons. The normalized spacial score (nSPS) is 13.3. The van der Waals surface area contributed by atoms with Crippen molar-refractivity contribution in [3.8, 4) is 0 Å². The molecule has 0 aliphatic heterocycles. The number of quaternary nitrogens is 1. The molecule has 0 radical (unpaired) electrons. The molecule has 0 saturated carbocycles. The van der Waals surface area contributed by atoms with E-state index in [9.17, 15) is 13.2 Å². The first-order valence-electron chi connectivity index (χ1n) is 8.64. The van der Waals surface area contributed by atoms with Crippen molar-refractivity contribution in [3.63, 3.8) is 0 Å². The first kappa shape index (κ1) is 20.4. The second-order valence-electron chi connectivity index (χ2n) is 7.15. The average molecular weight is 379 g/mol. The molecule has 1 atom stereocenters. The summed E-state index contributed by atoms with van der Waals surface area (Å²) >= 11 is 0. The van der Waals surface area contributed by atoms with Gasteiger partial charge in [-0.3, -0.25) is 9.36 Å². The highest BCUT2D eigenvalue weighted by atomic mass is 32.2. The third kappa shape index (κ3) is 4.81.